The number of hydrogen-bond acceptors (Lipinski definition) is 1. The lowest BCUT2D eigenvalue weighted by atomic mass is 9.93. The van der Waals surface area contributed by atoms with E-state index in [0.29, 0.717) is 0 Å². The molecule has 1 fully saturated rings. The van der Waals surface area contributed by atoms with Crippen LogP contribution in [0, 0.1) is 0 Å². The molecule has 0 aliphatic carbocycles. The first-order valence-electron chi connectivity index (χ1n) is 8.09. The smallest absolute Gasteiger partial charge is 0.144 e. The van der Waals surface area contributed by atoms with Gasteiger partial charge in [0.05, 0.1) is 13.1 Å². The molecule has 2 atom stereocenters. The first kappa shape index (κ1) is 15.7. The molecule has 0 spiro atoms. The number of rotatable bonds is 4. The number of likely N-dealkylation sites (tertiary alicyclic amines) is 1. The van der Waals surface area contributed by atoms with E-state index in [9.17, 15) is 5.11 Å². The predicted octanol–water partition coefficient (Wildman–Crippen LogP) is 3.29. The van der Waals surface area contributed by atoms with Crippen LogP contribution < -0.4 is 4.90 Å². The second-order valence-electron chi connectivity index (χ2n) is 6.10. The zero-order valence-electron chi connectivity index (χ0n) is 12.7. The van der Waals surface area contributed by atoms with Crippen molar-refractivity contribution in [1.29, 1.82) is 0 Å². The topological polar surface area (TPSA) is 24.7 Å². The van der Waals surface area contributed by atoms with Gasteiger partial charge in [-0.25, -0.2) is 0 Å². The lowest BCUT2D eigenvalue weighted by Crippen LogP contribution is -3.13. The van der Waals surface area contributed by atoms with Crippen LogP contribution in [0.4, 0.5) is 0 Å². The van der Waals surface area contributed by atoms with E-state index in [0.717, 1.165) is 23.1 Å². The fraction of sp³-hybridized carbons (Fsp3) is 0.368. The molecule has 3 rings (SSSR count). The van der Waals surface area contributed by atoms with Gasteiger partial charge in [0.25, 0.3) is 0 Å². The molecule has 116 valence electrons. The molecule has 0 aromatic heterocycles. The highest BCUT2D eigenvalue weighted by Gasteiger charge is 2.33. The third-order valence-corrected chi connectivity index (χ3v) is 5.15. The summed E-state index contributed by atoms with van der Waals surface area (Å²) in [7, 11) is 0. The van der Waals surface area contributed by atoms with Crippen molar-refractivity contribution >= 4 is 15.9 Å². The fourth-order valence-corrected chi connectivity index (χ4v) is 3.74. The predicted molar refractivity (Wildman–Crippen MR) is 92.8 cm³/mol. The number of nitrogens with one attached hydrogen (secondary N) is 1. The highest BCUT2D eigenvalue weighted by molar-refractivity contribution is 9.10. The number of aliphatic hydroxyl groups is 1. The molecule has 22 heavy (non-hydrogen) atoms. The monoisotopic (exact) mass is 360 g/mol. The van der Waals surface area contributed by atoms with Crippen LogP contribution in [0.3, 0.4) is 0 Å². The molecule has 1 aliphatic rings. The van der Waals surface area contributed by atoms with E-state index in [1.807, 2.05) is 30.3 Å². The summed E-state index contributed by atoms with van der Waals surface area (Å²) in [4.78, 5) is 1.51. The van der Waals surface area contributed by atoms with Crippen molar-refractivity contribution in [3.05, 3.63) is 70.2 Å². The van der Waals surface area contributed by atoms with Gasteiger partial charge in [0.2, 0.25) is 0 Å². The zero-order chi connectivity index (χ0) is 15.4. The van der Waals surface area contributed by atoms with Crippen molar-refractivity contribution in [2.45, 2.75) is 31.4 Å². The normalized spacial score (nSPS) is 18.8. The van der Waals surface area contributed by atoms with Gasteiger partial charge in [-0.3, -0.25) is 0 Å². The summed E-state index contributed by atoms with van der Waals surface area (Å²) >= 11 is 3.47. The van der Waals surface area contributed by atoms with Gasteiger partial charge in [0.15, 0.2) is 0 Å². The van der Waals surface area contributed by atoms with Crippen LogP contribution in [0.1, 0.15) is 42.5 Å². The van der Waals surface area contributed by atoms with Gasteiger partial charge < -0.3 is 10.0 Å². The summed E-state index contributed by atoms with van der Waals surface area (Å²) in [6.07, 6.45) is 3.36. The molecular weight excluding hydrogens is 338 g/mol. The Morgan fingerprint density at radius 2 is 1.45 bits per heavy atom. The maximum atomic E-state index is 11.0. The summed E-state index contributed by atoms with van der Waals surface area (Å²) in [5.41, 5.74) is 2.23. The lowest BCUT2D eigenvalue weighted by Gasteiger charge is -2.34. The first-order chi connectivity index (χ1) is 10.8. The average Bonchev–Trinajstić information content (AvgIpc) is 2.57. The van der Waals surface area contributed by atoms with E-state index >= 15 is 0 Å². The molecule has 2 aromatic rings. The van der Waals surface area contributed by atoms with Crippen LogP contribution in [0.5, 0.6) is 0 Å². The minimum absolute atomic E-state index is 0.114. The lowest BCUT2D eigenvalue weighted by molar-refractivity contribution is -0.941. The molecule has 2 N–H and O–H groups in total. The van der Waals surface area contributed by atoms with Gasteiger partial charge in [0, 0.05) is 10.0 Å². The van der Waals surface area contributed by atoms with Crippen LogP contribution >= 0.6 is 15.9 Å². The Balaban J connectivity index is 1.91. The molecule has 1 saturated heterocycles. The summed E-state index contributed by atoms with van der Waals surface area (Å²) in [5, 5.41) is 11.0. The second kappa shape index (κ2) is 7.40. The Morgan fingerprint density at radius 1 is 0.818 bits per heavy atom. The van der Waals surface area contributed by atoms with Gasteiger partial charge in [-0.1, -0.05) is 58.4 Å². The van der Waals surface area contributed by atoms with Crippen molar-refractivity contribution in [3.63, 3.8) is 0 Å². The summed E-state index contributed by atoms with van der Waals surface area (Å²) < 4.78 is 1.05. The van der Waals surface area contributed by atoms with Crippen molar-refractivity contribution < 1.29 is 10.0 Å². The first-order valence-corrected chi connectivity index (χ1v) is 8.88. The van der Waals surface area contributed by atoms with Crippen molar-refractivity contribution in [2.24, 2.45) is 0 Å². The molecule has 1 aliphatic heterocycles. The summed E-state index contributed by atoms with van der Waals surface area (Å²) in [6.45, 7) is 2.29. The Hall–Kier alpha value is -1.16. The molecule has 2 aromatic carbocycles. The number of benzene rings is 2. The Labute approximate surface area is 140 Å². The highest BCUT2D eigenvalue weighted by atomic mass is 79.9. The fourth-order valence-electron chi connectivity index (χ4n) is 3.47. The number of halogens is 1. The molecule has 1 heterocycles. The Bertz CT molecular complexity index is 578. The van der Waals surface area contributed by atoms with E-state index < -0.39 is 6.10 Å². The van der Waals surface area contributed by atoms with E-state index in [1.165, 1.54) is 29.7 Å². The summed E-state index contributed by atoms with van der Waals surface area (Å²) in [5.74, 6) is 0. The number of piperidine rings is 1. The van der Waals surface area contributed by atoms with Crippen molar-refractivity contribution in [2.75, 3.05) is 13.1 Å². The van der Waals surface area contributed by atoms with Crippen LogP contribution in [-0.4, -0.2) is 18.2 Å². The number of hydrogen-bond donors (Lipinski definition) is 2. The third-order valence-electron chi connectivity index (χ3n) is 4.62. The van der Waals surface area contributed by atoms with Gasteiger partial charge in [-0.05, 0) is 37.0 Å². The van der Waals surface area contributed by atoms with Crippen molar-refractivity contribution in [1.82, 2.24) is 0 Å². The Kier molecular flexibility index (Phi) is 5.29. The van der Waals surface area contributed by atoms with E-state index in [2.05, 4.69) is 40.2 Å². The molecule has 2 nitrogen and oxygen atoms in total. The van der Waals surface area contributed by atoms with Crippen LogP contribution in [-0.2, 0) is 0 Å². The molecule has 0 radical (unpaired) electrons. The summed E-state index contributed by atoms with van der Waals surface area (Å²) in [6, 6.07) is 18.6. The zero-order valence-corrected chi connectivity index (χ0v) is 14.3. The van der Waals surface area contributed by atoms with Gasteiger partial charge >= 0.3 is 0 Å². The van der Waals surface area contributed by atoms with Crippen LogP contribution in [0.2, 0.25) is 0 Å². The minimum Gasteiger partial charge on any atom is -0.382 e. The molecular formula is C19H23BrNO+. The molecule has 0 amide bonds. The van der Waals surface area contributed by atoms with E-state index in [-0.39, 0.29) is 6.04 Å². The third kappa shape index (κ3) is 3.60. The molecule has 3 heteroatoms. The SMILES string of the molecule is O[C@@H](c1ccc(Br)cc1)[C@@H](c1ccccc1)[NH+]1CCCCC1. The van der Waals surface area contributed by atoms with E-state index in [4.69, 9.17) is 0 Å². The highest BCUT2D eigenvalue weighted by Crippen LogP contribution is 2.28. The van der Waals surface area contributed by atoms with Crippen LogP contribution in [0.25, 0.3) is 0 Å². The van der Waals surface area contributed by atoms with Gasteiger partial charge in [-0.15, -0.1) is 0 Å². The molecule has 0 bridgehead atoms. The largest absolute Gasteiger partial charge is 0.382 e. The standard InChI is InChI=1S/C19H22BrNO/c20-17-11-9-16(10-12-17)19(22)18(15-7-3-1-4-8-15)21-13-5-2-6-14-21/h1,3-4,7-12,18-19,22H,2,5-6,13-14H2/p+1/t18-,19+/m1/s1. The maximum absolute atomic E-state index is 11.0. The van der Waals surface area contributed by atoms with Crippen molar-refractivity contribution in [3.8, 4) is 0 Å². The van der Waals surface area contributed by atoms with Gasteiger partial charge in [0.1, 0.15) is 12.1 Å². The quantitative estimate of drug-likeness (QED) is 0.858. The van der Waals surface area contributed by atoms with Gasteiger partial charge in [-0.2, -0.15) is 0 Å². The second-order valence-corrected chi connectivity index (χ2v) is 7.02. The molecule has 0 unspecified atom stereocenters. The minimum atomic E-state index is -0.469. The average molecular weight is 361 g/mol. The number of quaternary nitrogens is 1. The maximum Gasteiger partial charge on any atom is 0.144 e. The van der Waals surface area contributed by atoms with Crippen LogP contribution in [0.15, 0.2) is 59.1 Å². The Morgan fingerprint density at radius 3 is 2.09 bits per heavy atom. The number of aliphatic hydroxyl groups excluding tert-OH is 1. The van der Waals surface area contributed by atoms with E-state index in [1.54, 1.807) is 0 Å². The molecule has 0 saturated carbocycles.